The lowest BCUT2D eigenvalue weighted by molar-refractivity contribution is -0.117. The molecule has 78 valence electrons. The number of hydrogen-bond donors (Lipinski definition) is 2. The first kappa shape index (κ1) is 11.4. The van der Waals surface area contributed by atoms with Crippen molar-refractivity contribution in [3.05, 3.63) is 0 Å². The molecule has 0 aromatic carbocycles. The molecule has 1 amide bonds. The van der Waals surface area contributed by atoms with Gasteiger partial charge in [-0.1, -0.05) is 30.0 Å². The number of anilines is 1. The quantitative estimate of drug-likeness (QED) is 0.596. The molecule has 1 heterocycles. The van der Waals surface area contributed by atoms with Gasteiger partial charge in [-0.25, -0.2) is 0 Å². The van der Waals surface area contributed by atoms with Crippen LogP contribution in [0.3, 0.4) is 0 Å². The van der Waals surface area contributed by atoms with E-state index in [1.165, 1.54) is 11.3 Å². The zero-order chi connectivity index (χ0) is 10.6. The minimum absolute atomic E-state index is 0.241. The summed E-state index contributed by atoms with van der Waals surface area (Å²) in [7, 11) is 0. The number of nitrogens with one attached hydrogen (secondary N) is 1. The van der Waals surface area contributed by atoms with Gasteiger partial charge < -0.3 is 5.73 Å². The van der Waals surface area contributed by atoms with E-state index in [-0.39, 0.29) is 5.91 Å². The molecule has 0 saturated heterocycles. The number of carbonyl (C=O) groups excluding carboxylic acids is 1. The minimum atomic E-state index is -0.527. The predicted octanol–water partition coefficient (Wildman–Crippen LogP) is 0.936. The molecular weight excluding hydrogens is 220 g/mol. The molecule has 0 bridgehead atoms. The molecule has 0 spiro atoms. The Morgan fingerprint density at radius 2 is 2.43 bits per heavy atom. The van der Waals surface area contributed by atoms with Crippen LogP contribution in [0.2, 0.25) is 0 Å². The van der Waals surface area contributed by atoms with E-state index in [2.05, 4.69) is 15.5 Å². The van der Waals surface area contributed by atoms with E-state index in [4.69, 9.17) is 5.73 Å². The Morgan fingerprint density at radius 3 is 3.00 bits per heavy atom. The number of nitrogens with two attached hydrogens (primary N) is 1. The first-order chi connectivity index (χ1) is 6.63. The summed E-state index contributed by atoms with van der Waals surface area (Å²) in [5, 5.41) is 10.8. The van der Waals surface area contributed by atoms with Crippen LogP contribution in [0, 0.1) is 0 Å². The maximum atomic E-state index is 11.2. The molecule has 0 aliphatic heterocycles. The van der Waals surface area contributed by atoms with Gasteiger partial charge in [-0.2, -0.15) is 0 Å². The Morgan fingerprint density at radius 1 is 1.71 bits per heavy atom. The van der Waals surface area contributed by atoms with Crippen molar-refractivity contribution < 1.29 is 4.79 Å². The highest BCUT2D eigenvalue weighted by molar-refractivity contribution is 8.01. The van der Waals surface area contributed by atoms with Gasteiger partial charge in [-0.15, -0.1) is 10.2 Å². The summed E-state index contributed by atoms with van der Waals surface area (Å²) in [6, 6.07) is -0.527. The van der Waals surface area contributed by atoms with Crippen molar-refractivity contribution in [2.45, 2.75) is 24.2 Å². The van der Waals surface area contributed by atoms with Gasteiger partial charge in [-0.05, 0) is 12.7 Å². The van der Waals surface area contributed by atoms with Gasteiger partial charge >= 0.3 is 0 Å². The summed E-state index contributed by atoms with van der Waals surface area (Å²) in [6.45, 7) is 3.66. The van der Waals surface area contributed by atoms with E-state index in [1.54, 1.807) is 18.7 Å². The maximum Gasteiger partial charge on any atom is 0.242 e. The lowest BCUT2D eigenvalue weighted by Crippen LogP contribution is -2.32. The van der Waals surface area contributed by atoms with E-state index >= 15 is 0 Å². The monoisotopic (exact) mass is 232 g/mol. The van der Waals surface area contributed by atoms with Crippen LogP contribution in [0.1, 0.15) is 13.8 Å². The van der Waals surface area contributed by atoms with Crippen LogP contribution in [0.4, 0.5) is 5.13 Å². The first-order valence-corrected chi connectivity index (χ1v) is 5.96. The molecule has 0 unspecified atom stereocenters. The second kappa shape index (κ2) is 5.28. The standard InChI is InChI=1S/C7H12N4OS2/c1-3-13-7-11-10-6(14-7)9-5(12)4(2)8/h4H,3,8H2,1-2H3,(H,9,10,12)/t4-/m0/s1. The van der Waals surface area contributed by atoms with Gasteiger partial charge in [0, 0.05) is 0 Å². The fraction of sp³-hybridized carbons (Fsp3) is 0.571. The van der Waals surface area contributed by atoms with E-state index in [9.17, 15) is 4.79 Å². The number of carbonyl (C=O) groups is 1. The zero-order valence-electron chi connectivity index (χ0n) is 7.98. The van der Waals surface area contributed by atoms with E-state index in [1.807, 2.05) is 6.92 Å². The van der Waals surface area contributed by atoms with Gasteiger partial charge in [0.2, 0.25) is 11.0 Å². The molecule has 14 heavy (non-hydrogen) atoms. The number of nitrogens with zero attached hydrogens (tertiary/aromatic N) is 2. The highest BCUT2D eigenvalue weighted by Crippen LogP contribution is 2.24. The van der Waals surface area contributed by atoms with Crippen LogP contribution in [-0.4, -0.2) is 27.9 Å². The Hall–Kier alpha value is -0.660. The molecule has 5 nitrogen and oxygen atoms in total. The molecule has 0 radical (unpaired) electrons. The van der Waals surface area contributed by atoms with Gasteiger partial charge in [-0.3, -0.25) is 10.1 Å². The molecule has 0 aliphatic rings. The third kappa shape index (κ3) is 3.24. The fourth-order valence-corrected chi connectivity index (χ4v) is 2.31. The van der Waals surface area contributed by atoms with E-state index < -0.39 is 6.04 Å². The zero-order valence-corrected chi connectivity index (χ0v) is 9.61. The number of aromatic nitrogens is 2. The summed E-state index contributed by atoms with van der Waals surface area (Å²) in [5.41, 5.74) is 5.39. The minimum Gasteiger partial charge on any atom is -0.320 e. The highest BCUT2D eigenvalue weighted by Gasteiger charge is 2.10. The lowest BCUT2D eigenvalue weighted by Gasteiger charge is -2.02. The Balaban J connectivity index is 2.55. The van der Waals surface area contributed by atoms with Gasteiger partial charge in [0.1, 0.15) is 0 Å². The van der Waals surface area contributed by atoms with Crippen molar-refractivity contribution in [2.75, 3.05) is 11.1 Å². The fourth-order valence-electron chi connectivity index (χ4n) is 0.661. The summed E-state index contributed by atoms with van der Waals surface area (Å²) in [4.78, 5) is 11.2. The number of amides is 1. The van der Waals surface area contributed by atoms with E-state index in [0.717, 1.165) is 10.1 Å². The van der Waals surface area contributed by atoms with Gasteiger partial charge in [0.25, 0.3) is 0 Å². The van der Waals surface area contributed by atoms with Gasteiger partial charge in [0.05, 0.1) is 6.04 Å². The van der Waals surface area contributed by atoms with Crippen LogP contribution in [-0.2, 0) is 4.79 Å². The molecule has 7 heteroatoms. The smallest absolute Gasteiger partial charge is 0.242 e. The molecular formula is C7H12N4OS2. The SMILES string of the molecule is CCSc1nnc(NC(=O)[C@H](C)N)s1. The second-order valence-corrected chi connectivity index (χ2v) is 5.07. The Labute approximate surface area is 90.5 Å². The number of hydrogen-bond acceptors (Lipinski definition) is 6. The number of thioether (sulfide) groups is 1. The average Bonchev–Trinajstić information content (AvgIpc) is 2.53. The van der Waals surface area contributed by atoms with Crippen molar-refractivity contribution in [1.82, 2.24) is 10.2 Å². The molecule has 1 aromatic heterocycles. The van der Waals surface area contributed by atoms with Crippen LogP contribution >= 0.6 is 23.1 Å². The second-order valence-electron chi connectivity index (χ2n) is 2.58. The molecule has 0 fully saturated rings. The molecule has 3 N–H and O–H groups in total. The van der Waals surface area contributed by atoms with Crippen LogP contribution in [0.15, 0.2) is 4.34 Å². The molecule has 1 atom stereocenters. The normalized spacial score (nSPS) is 12.5. The van der Waals surface area contributed by atoms with Crippen LogP contribution in [0.25, 0.3) is 0 Å². The van der Waals surface area contributed by atoms with Crippen molar-refractivity contribution in [2.24, 2.45) is 5.73 Å². The maximum absolute atomic E-state index is 11.2. The van der Waals surface area contributed by atoms with Crippen LogP contribution < -0.4 is 11.1 Å². The Kier molecular flexibility index (Phi) is 4.30. The molecule has 0 aliphatic carbocycles. The number of rotatable bonds is 4. The summed E-state index contributed by atoms with van der Waals surface area (Å²) in [6.07, 6.45) is 0. The lowest BCUT2D eigenvalue weighted by atomic mass is 10.3. The van der Waals surface area contributed by atoms with Crippen molar-refractivity contribution in [3.63, 3.8) is 0 Å². The van der Waals surface area contributed by atoms with Crippen molar-refractivity contribution >= 4 is 34.1 Å². The summed E-state index contributed by atoms with van der Waals surface area (Å²) < 4.78 is 0.854. The molecule has 1 aromatic rings. The third-order valence-corrected chi connectivity index (χ3v) is 3.17. The Bertz CT molecular complexity index is 312. The summed E-state index contributed by atoms with van der Waals surface area (Å²) in [5.74, 6) is 0.699. The van der Waals surface area contributed by atoms with Crippen LogP contribution in [0.5, 0.6) is 0 Å². The molecule has 0 saturated carbocycles. The van der Waals surface area contributed by atoms with Gasteiger partial charge in [0.15, 0.2) is 4.34 Å². The topological polar surface area (TPSA) is 80.9 Å². The average molecular weight is 232 g/mol. The summed E-state index contributed by atoms with van der Waals surface area (Å²) >= 11 is 2.95. The van der Waals surface area contributed by atoms with Crippen molar-refractivity contribution in [3.8, 4) is 0 Å². The largest absolute Gasteiger partial charge is 0.320 e. The van der Waals surface area contributed by atoms with E-state index in [0.29, 0.717) is 5.13 Å². The first-order valence-electron chi connectivity index (χ1n) is 4.16. The van der Waals surface area contributed by atoms with Crippen molar-refractivity contribution in [1.29, 1.82) is 0 Å². The third-order valence-electron chi connectivity index (χ3n) is 1.32. The molecule has 1 rings (SSSR count). The predicted molar refractivity (Wildman–Crippen MR) is 58.6 cm³/mol. The highest BCUT2D eigenvalue weighted by atomic mass is 32.2.